The average molecular weight is 254 g/mol. The zero-order chi connectivity index (χ0) is 14.2. The Morgan fingerprint density at radius 3 is 2.16 bits per heavy atom. The molecule has 2 rings (SSSR count). The third-order valence-corrected chi connectivity index (χ3v) is 4.12. The van der Waals surface area contributed by atoms with Gasteiger partial charge in [0, 0.05) is 24.1 Å². The lowest BCUT2D eigenvalue weighted by atomic mass is 9.96. The van der Waals surface area contributed by atoms with Crippen LogP contribution in [0.5, 0.6) is 0 Å². The molecular weight excluding hydrogens is 230 g/mol. The van der Waals surface area contributed by atoms with Crippen molar-refractivity contribution in [3.05, 3.63) is 52.7 Å². The molecule has 2 aromatic rings. The zero-order valence-electron chi connectivity index (χ0n) is 12.9. The molecule has 0 aliphatic heterocycles. The number of benzene rings is 1. The molecule has 0 aliphatic rings. The first-order valence-corrected chi connectivity index (χ1v) is 6.99. The molecule has 1 aromatic heterocycles. The van der Waals surface area contributed by atoms with E-state index in [0.717, 1.165) is 0 Å². The van der Waals surface area contributed by atoms with Crippen LogP contribution < -0.4 is 4.57 Å². The van der Waals surface area contributed by atoms with E-state index in [1.165, 1.54) is 33.6 Å². The van der Waals surface area contributed by atoms with Gasteiger partial charge in [0.25, 0.3) is 0 Å². The first kappa shape index (κ1) is 13.8. The number of pyridine rings is 1. The van der Waals surface area contributed by atoms with E-state index in [1.807, 2.05) is 0 Å². The highest BCUT2D eigenvalue weighted by molar-refractivity contribution is 5.62. The van der Waals surface area contributed by atoms with E-state index >= 15 is 0 Å². The lowest BCUT2D eigenvalue weighted by Gasteiger charge is -2.11. The third-order valence-electron chi connectivity index (χ3n) is 4.12. The third kappa shape index (κ3) is 2.56. The second-order valence-corrected chi connectivity index (χ2v) is 5.78. The van der Waals surface area contributed by atoms with E-state index in [4.69, 9.17) is 0 Å². The minimum absolute atomic E-state index is 0.584. The van der Waals surface area contributed by atoms with Gasteiger partial charge in [0.2, 0.25) is 5.69 Å². The molecule has 0 N–H and O–H groups in total. The van der Waals surface area contributed by atoms with Crippen molar-refractivity contribution in [2.24, 2.45) is 7.05 Å². The van der Waals surface area contributed by atoms with Gasteiger partial charge < -0.3 is 0 Å². The summed E-state index contributed by atoms with van der Waals surface area (Å²) in [7, 11) is 2.15. The molecule has 0 unspecified atom stereocenters. The van der Waals surface area contributed by atoms with Crippen LogP contribution in [0.15, 0.2) is 30.3 Å². The maximum atomic E-state index is 2.31. The van der Waals surface area contributed by atoms with Gasteiger partial charge in [-0.2, -0.15) is 4.57 Å². The number of nitrogens with zero attached hydrogens (tertiary/aromatic N) is 1. The first-order chi connectivity index (χ1) is 8.91. The molecule has 0 amide bonds. The van der Waals surface area contributed by atoms with Gasteiger partial charge in [-0.15, -0.1) is 0 Å². The largest absolute Gasteiger partial charge is 0.212 e. The van der Waals surface area contributed by atoms with Gasteiger partial charge in [-0.05, 0) is 43.0 Å². The summed E-state index contributed by atoms with van der Waals surface area (Å²) in [5.41, 5.74) is 8.04. The predicted octanol–water partition coefficient (Wildman–Crippen LogP) is 4.23. The molecule has 0 bridgehead atoms. The van der Waals surface area contributed by atoms with E-state index in [0.29, 0.717) is 5.92 Å². The Hall–Kier alpha value is -1.63. The van der Waals surface area contributed by atoms with Crippen LogP contribution >= 0.6 is 0 Å². The van der Waals surface area contributed by atoms with Crippen LogP contribution in [0.25, 0.3) is 11.3 Å². The van der Waals surface area contributed by atoms with Crippen LogP contribution in [0.4, 0.5) is 0 Å². The smallest absolute Gasteiger partial charge is 0.198 e. The summed E-state index contributed by atoms with van der Waals surface area (Å²) in [6.07, 6.45) is 0. The van der Waals surface area contributed by atoms with Crippen molar-refractivity contribution in [1.29, 1.82) is 0 Å². The fourth-order valence-electron chi connectivity index (χ4n) is 2.49. The van der Waals surface area contributed by atoms with Crippen molar-refractivity contribution in [1.82, 2.24) is 0 Å². The molecule has 1 heteroatoms. The molecule has 100 valence electrons. The van der Waals surface area contributed by atoms with Gasteiger partial charge in [0.05, 0.1) is 0 Å². The standard InChI is InChI=1S/C18H24N/c1-12(2)16-8-9-17(14(4)11-16)18-10-7-13(3)15(5)19(18)6/h7-12H,1-6H3/q+1. The summed E-state index contributed by atoms with van der Waals surface area (Å²) in [4.78, 5) is 0. The van der Waals surface area contributed by atoms with Crippen molar-refractivity contribution in [2.75, 3.05) is 0 Å². The monoisotopic (exact) mass is 254 g/mol. The zero-order valence-corrected chi connectivity index (χ0v) is 12.9. The summed E-state index contributed by atoms with van der Waals surface area (Å²) < 4.78 is 2.28. The predicted molar refractivity (Wildman–Crippen MR) is 81.4 cm³/mol. The quantitative estimate of drug-likeness (QED) is 0.706. The molecule has 0 radical (unpaired) electrons. The molecule has 0 spiro atoms. The topological polar surface area (TPSA) is 3.88 Å². The second kappa shape index (κ2) is 5.16. The van der Waals surface area contributed by atoms with E-state index < -0.39 is 0 Å². The van der Waals surface area contributed by atoms with E-state index in [9.17, 15) is 0 Å². The Morgan fingerprint density at radius 1 is 0.895 bits per heavy atom. The van der Waals surface area contributed by atoms with Crippen LogP contribution in [0.2, 0.25) is 0 Å². The molecule has 19 heavy (non-hydrogen) atoms. The normalized spacial score (nSPS) is 11.1. The van der Waals surface area contributed by atoms with Crippen LogP contribution in [0.3, 0.4) is 0 Å². The number of hydrogen-bond donors (Lipinski definition) is 0. The Labute approximate surface area is 116 Å². The average Bonchev–Trinajstić information content (AvgIpc) is 2.37. The maximum Gasteiger partial charge on any atom is 0.212 e. The first-order valence-electron chi connectivity index (χ1n) is 6.99. The SMILES string of the molecule is Cc1cc(C(C)C)ccc1-c1ccc(C)c(C)[n+]1C. The molecular formula is C18H24N+. The highest BCUT2D eigenvalue weighted by atomic mass is 14.9. The summed E-state index contributed by atoms with van der Waals surface area (Å²) in [6.45, 7) is 11.0. The van der Waals surface area contributed by atoms with Crippen LogP contribution in [-0.4, -0.2) is 0 Å². The van der Waals surface area contributed by atoms with E-state index in [1.54, 1.807) is 0 Å². The summed E-state index contributed by atoms with van der Waals surface area (Å²) in [5, 5.41) is 0. The van der Waals surface area contributed by atoms with Crippen LogP contribution in [0.1, 0.15) is 42.1 Å². The Kier molecular flexibility index (Phi) is 3.75. The molecule has 0 fully saturated rings. The number of rotatable bonds is 2. The minimum atomic E-state index is 0.584. The molecule has 1 nitrogen and oxygen atoms in total. The molecule has 0 atom stereocenters. The highest BCUT2D eigenvalue weighted by Crippen LogP contribution is 2.25. The second-order valence-electron chi connectivity index (χ2n) is 5.78. The van der Waals surface area contributed by atoms with Crippen LogP contribution in [-0.2, 0) is 7.05 Å². The van der Waals surface area contributed by atoms with E-state index in [-0.39, 0.29) is 0 Å². The van der Waals surface area contributed by atoms with Gasteiger partial charge in [-0.25, -0.2) is 0 Å². The van der Waals surface area contributed by atoms with Gasteiger partial charge in [-0.3, -0.25) is 0 Å². The van der Waals surface area contributed by atoms with Crippen molar-refractivity contribution in [3.8, 4) is 11.3 Å². The summed E-state index contributed by atoms with van der Waals surface area (Å²) in [5.74, 6) is 0.584. The Morgan fingerprint density at radius 2 is 1.58 bits per heavy atom. The maximum absolute atomic E-state index is 2.31. The molecule has 1 heterocycles. The fourth-order valence-corrected chi connectivity index (χ4v) is 2.49. The van der Waals surface area contributed by atoms with Crippen molar-refractivity contribution in [2.45, 2.75) is 40.5 Å². The highest BCUT2D eigenvalue weighted by Gasteiger charge is 2.16. The van der Waals surface area contributed by atoms with Crippen molar-refractivity contribution in [3.63, 3.8) is 0 Å². The lowest BCUT2D eigenvalue weighted by Crippen LogP contribution is -2.35. The van der Waals surface area contributed by atoms with Gasteiger partial charge >= 0.3 is 0 Å². The molecule has 1 aromatic carbocycles. The fraction of sp³-hybridized carbons (Fsp3) is 0.389. The summed E-state index contributed by atoms with van der Waals surface area (Å²) in [6, 6.07) is 11.3. The van der Waals surface area contributed by atoms with Crippen molar-refractivity contribution >= 4 is 0 Å². The van der Waals surface area contributed by atoms with Gasteiger partial charge in [0.1, 0.15) is 7.05 Å². The Balaban J connectivity index is 2.57. The lowest BCUT2D eigenvalue weighted by molar-refractivity contribution is -0.667. The van der Waals surface area contributed by atoms with Gasteiger partial charge in [0.15, 0.2) is 5.69 Å². The Bertz CT molecular complexity index is 609. The number of aromatic nitrogens is 1. The van der Waals surface area contributed by atoms with Crippen molar-refractivity contribution < 1.29 is 4.57 Å². The van der Waals surface area contributed by atoms with E-state index in [2.05, 4.69) is 76.6 Å². The summed E-state index contributed by atoms with van der Waals surface area (Å²) >= 11 is 0. The number of hydrogen-bond acceptors (Lipinski definition) is 0. The molecule has 0 saturated carbocycles. The minimum Gasteiger partial charge on any atom is -0.198 e. The molecule has 0 aliphatic carbocycles. The number of aryl methyl sites for hydroxylation is 2. The van der Waals surface area contributed by atoms with Gasteiger partial charge in [-0.1, -0.05) is 26.0 Å². The van der Waals surface area contributed by atoms with Crippen LogP contribution in [0, 0.1) is 20.8 Å². The molecule has 0 saturated heterocycles.